The van der Waals surface area contributed by atoms with Gasteiger partial charge in [-0.1, -0.05) is 37.3 Å². The molecular weight excluding hydrogens is 352 g/mol. The van der Waals surface area contributed by atoms with Crippen LogP contribution in [-0.2, 0) is 11.3 Å². The third kappa shape index (κ3) is 4.57. The topological polar surface area (TPSA) is 101 Å². The monoisotopic (exact) mass is 376 g/mol. The number of aromatic nitrogens is 2. The number of nitrogen functional groups attached to an aromatic ring is 1. The van der Waals surface area contributed by atoms with Gasteiger partial charge in [0.05, 0.1) is 6.54 Å². The van der Waals surface area contributed by atoms with E-state index in [1.165, 1.54) is 9.47 Å². The number of anilines is 2. The van der Waals surface area contributed by atoms with Crippen molar-refractivity contribution in [3.8, 4) is 0 Å². The van der Waals surface area contributed by atoms with E-state index in [0.717, 1.165) is 5.56 Å². The Morgan fingerprint density at radius 3 is 2.58 bits per heavy atom. The molecule has 1 aromatic heterocycles. The molecule has 0 unspecified atom stereocenters. The summed E-state index contributed by atoms with van der Waals surface area (Å²) in [4.78, 5) is 40.9. The molecule has 7 nitrogen and oxygen atoms in total. The summed E-state index contributed by atoms with van der Waals surface area (Å²) in [6.45, 7) is 2.50. The van der Waals surface area contributed by atoms with Gasteiger partial charge in [-0.2, -0.15) is 11.8 Å². The minimum Gasteiger partial charge on any atom is -0.383 e. The number of nitrogens with two attached hydrogens (primary N) is 1. The minimum atomic E-state index is -0.636. The molecule has 0 atom stereocenters. The Bertz CT molecular complexity index is 861. The lowest BCUT2D eigenvalue weighted by Gasteiger charge is -2.24. The second-order valence-electron chi connectivity index (χ2n) is 5.85. The van der Waals surface area contributed by atoms with Crippen LogP contribution in [0.2, 0.25) is 0 Å². The molecule has 1 heterocycles. The van der Waals surface area contributed by atoms with E-state index in [1.54, 1.807) is 11.8 Å². The molecule has 3 N–H and O–H groups in total. The van der Waals surface area contributed by atoms with Gasteiger partial charge in [0.15, 0.2) is 5.69 Å². The number of nitrogens with zero attached hydrogens (tertiary/aromatic N) is 2. The van der Waals surface area contributed by atoms with E-state index < -0.39 is 11.2 Å². The highest BCUT2D eigenvalue weighted by molar-refractivity contribution is 7.98. The molecule has 0 saturated heterocycles. The van der Waals surface area contributed by atoms with Crippen LogP contribution in [0, 0.1) is 0 Å². The second-order valence-corrected chi connectivity index (χ2v) is 6.84. The Kier molecular flexibility index (Phi) is 7.08. The summed E-state index contributed by atoms with van der Waals surface area (Å²) in [5.74, 6) is 0.484. The molecule has 2 aromatic rings. The highest BCUT2D eigenvalue weighted by Gasteiger charge is 2.23. The molecule has 2 rings (SSSR count). The zero-order valence-corrected chi connectivity index (χ0v) is 15.8. The van der Waals surface area contributed by atoms with Crippen molar-refractivity contribution >= 4 is 29.2 Å². The van der Waals surface area contributed by atoms with Crippen LogP contribution >= 0.6 is 11.8 Å². The van der Waals surface area contributed by atoms with Gasteiger partial charge in [0.2, 0.25) is 5.91 Å². The maximum Gasteiger partial charge on any atom is 0.330 e. The fourth-order valence-electron chi connectivity index (χ4n) is 2.67. The summed E-state index contributed by atoms with van der Waals surface area (Å²) in [5, 5.41) is 0. The summed E-state index contributed by atoms with van der Waals surface area (Å²) in [5.41, 5.74) is 5.87. The average Bonchev–Trinajstić information content (AvgIpc) is 2.63. The maximum absolute atomic E-state index is 12.6. The predicted molar refractivity (Wildman–Crippen MR) is 107 cm³/mol. The van der Waals surface area contributed by atoms with E-state index in [0.29, 0.717) is 25.1 Å². The first-order chi connectivity index (χ1) is 12.5. The molecule has 26 heavy (non-hydrogen) atoms. The molecule has 1 aromatic carbocycles. The van der Waals surface area contributed by atoms with Gasteiger partial charge >= 0.3 is 5.69 Å². The molecule has 0 bridgehead atoms. The van der Waals surface area contributed by atoms with Gasteiger partial charge in [0.25, 0.3) is 5.56 Å². The van der Waals surface area contributed by atoms with Crippen molar-refractivity contribution in [2.45, 2.75) is 26.3 Å². The molecule has 0 saturated carbocycles. The number of carbonyl (C=O) groups excluding carboxylic acids is 1. The van der Waals surface area contributed by atoms with Crippen LogP contribution in [0.3, 0.4) is 0 Å². The number of nitrogens with one attached hydrogen (secondary N) is 1. The van der Waals surface area contributed by atoms with Gasteiger partial charge in [0, 0.05) is 18.7 Å². The lowest BCUT2D eigenvalue weighted by Crippen LogP contribution is -2.41. The molecule has 1 amide bonds. The van der Waals surface area contributed by atoms with Crippen molar-refractivity contribution in [1.29, 1.82) is 0 Å². The molecule has 0 spiro atoms. The van der Waals surface area contributed by atoms with E-state index >= 15 is 0 Å². The van der Waals surface area contributed by atoms with Crippen molar-refractivity contribution < 1.29 is 4.79 Å². The molecule has 0 aliphatic rings. The Hall–Kier alpha value is -2.48. The van der Waals surface area contributed by atoms with Crippen LogP contribution in [-0.4, -0.2) is 34.0 Å². The summed E-state index contributed by atoms with van der Waals surface area (Å²) in [6.07, 6.45) is 2.89. The van der Waals surface area contributed by atoms with E-state index in [4.69, 9.17) is 5.73 Å². The molecule has 0 aliphatic heterocycles. The first kappa shape index (κ1) is 19.8. The maximum atomic E-state index is 12.6. The summed E-state index contributed by atoms with van der Waals surface area (Å²) in [7, 11) is 0. The Balaban J connectivity index is 2.49. The van der Waals surface area contributed by atoms with E-state index in [2.05, 4.69) is 4.98 Å². The second kappa shape index (κ2) is 9.28. The quantitative estimate of drug-likeness (QED) is 0.730. The van der Waals surface area contributed by atoms with Crippen LogP contribution in [0.5, 0.6) is 0 Å². The zero-order chi connectivity index (χ0) is 19.1. The molecule has 140 valence electrons. The predicted octanol–water partition coefficient (Wildman–Crippen LogP) is 1.66. The minimum absolute atomic E-state index is 0.00792. The molecular formula is C18H24N4O3S. The largest absolute Gasteiger partial charge is 0.383 e. The van der Waals surface area contributed by atoms with Gasteiger partial charge in [-0.15, -0.1) is 0 Å². The molecule has 0 radical (unpaired) electrons. The number of benzene rings is 1. The Morgan fingerprint density at radius 1 is 1.27 bits per heavy atom. The Labute approximate surface area is 156 Å². The van der Waals surface area contributed by atoms with Crippen LogP contribution < -0.4 is 21.9 Å². The van der Waals surface area contributed by atoms with Crippen molar-refractivity contribution in [2.24, 2.45) is 0 Å². The lowest BCUT2D eigenvalue weighted by atomic mass is 10.2. The third-order valence-corrected chi connectivity index (χ3v) is 4.55. The van der Waals surface area contributed by atoms with Crippen molar-refractivity contribution in [2.75, 3.05) is 29.2 Å². The Morgan fingerprint density at radius 2 is 1.96 bits per heavy atom. The number of aromatic amines is 1. The normalized spacial score (nSPS) is 10.7. The van der Waals surface area contributed by atoms with Crippen molar-refractivity contribution in [3.05, 3.63) is 56.7 Å². The fraction of sp³-hybridized carbons (Fsp3) is 0.389. The standard InChI is InChI=1S/C18H24N4O3S/c1-3-10-21(14(23)9-11-26-2)15-16(19)22(18(25)20-17(15)24)12-13-7-5-4-6-8-13/h4-8H,3,9-12,19H2,1-2H3,(H,20,24,25). The number of rotatable bonds is 8. The smallest absolute Gasteiger partial charge is 0.330 e. The van der Waals surface area contributed by atoms with E-state index in [9.17, 15) is 14.4 Å². The lowest BCUT2D eigenvalue weighted by molar-refractivity contribution is -0.118. The number of amides is 1. The summed E-state index contributed by atoms with van der Waals surface area (Å²) < 4.78 is 1.29. The van der Waals surface area contributed by atoms with Gasteiger partial charge < -0.3 is 10.6 Å². The van der Waals surface area contributed by atoms with Gasteiger partial charge in [-0.05, 0) is 18.2 Å². The third-order valence-electron chi connectivity index (χ3n) is 3.94. The molecule has 0 aliphatic carbocycles. The van der Waals surface area contributed by atoms with Crippen LogP contribution in [0.15, 0.2) is 39.9 Å². The first-order valence-corrected chi connectivity index (χ1v) is 9.84. The highest BCUT2D eigenvalue weighted by Crippen LogP contribution is 2.19. The highest BCUT2D eigenvalue weighted by atomic mass is 32.2. The number of H-pyrrole nitrogens is 1. The first-order valence-electron chi connectivity index (χ1n) is 8.45. The molecule has 8 heteroatoms. The SMILES string of the molecule is CCCN(C(=O)CCSC)c1c(N)n(Cc2ccccc2)c(=O)[nH]c1=O. The summed E-state index contributed by atoms with van der Waals surface area (Å²) in [6, 6.07) is 9.33. The van der Waals surface area contributed by atoms with E-state index in [1.807, 2.05) is 43.5 Å². The van der Waals surface area contributed by atoms with E-state index in [-0.39, 0.29) is 24.0 Å². The van der Waals surface area contributed by atoms with Gasteiger partial charge in [0.1, 0.15) is 5.82 Å². The van der Waals surface area contributed by atoms with Gasteiger partial charge in [-0.25, -0.2) is 4.79 Å². The number of carbonyl (C=O) groups is 1. The van der Waals surface area contributed by atoms with Crippen molar-refractivity contribution in [3.63, 3.8) is 0 Å². The van der Waals surface area contributed by atoms with Crippen molar-refractivity contribution in [1.82, 2.24) is 9.55 Å². The van der Waals surface area contributed by atoms with Crippen LogP contribution in [0.4, 0.5) is 11.5 Å². The summed E-state index contributed by atoms with van der Waals surface area (Å²) >= 11 is 1.56. The van der Waals surface area contributed by atoms with Crippen LogP contribution in [0.1, 0.15) is 25.3 Å². The number of hydrogen-bond acceptors (Lipinski definition) is 5. The van der Waals surface area contributed by atoms with Gasteiger partial charge in [-0.3, -0.25) is 19.1 Å². The average molecular weight is 376 g/mol. The molecule has 0 fully saturated rings. The zero-order valence-electron chi connectivity index (χ0n) is 15.0. The number of thioether (sulfide) groups is 1. The van der Waals surface area contributed by atoms with Crippen LogP contribution in [0.25, 0.3) is 0 Å². The number of hydrogen-bond donors (Lipinski definition) is 2. The fourth-order valence-corrected chi connectivity index (χ4v) is 3.05.